The first-order valence-electron chi connectivity index (χ1n) is 5.93. The minimum Gasteiger partial charge on any atom is -0.351 e. The summed E-state index contributed by atoms with van der Waals surface area (Å²) >= 11 is 0. The lowest BCUT2D eigenvalue weighted by Crippen LogP contribution is -2.41. The van der Waals surface area contributed by atoms with Gasteiger partial charge in [-0.05, 0) is 14.0 Å². The number of nitrogens with zero attached hydrogens (tertiary/aromatic N) is 1. The fourth-order valence-electron chi connectivity index (χ4n) is 2.36. The molecular weight excluding hydrogens is 220 g/mol. The summed E-state index contributed by atoms with van der Waals surface area (Å²) in [6.45, 7) is 8.07. The second kappa shape index (κ2) is 4.76. The van der Waals surface area contributed by atoms with Crippen LogP contribution in [0.1, 0.15) is 13.3 Å². The van der Waals surface area contributed by atoms with E-state index in [1.165, 1.54) is 0 Å². The zero-order valence-corrected chi connectivity index (χ0v) is 10.5. The van der Waals surface area contributed by atoms with Crippen molar-refractivity contribution in [2.24, 2.45) is 0 Å². The van der Waals surface area contributed by atoms with Crippen molar-refractivity contribution in [2.75, 3.05) is 33.4 Å². The van der Waals surface area contributed by atoms with Crippen LogP contribution in [-0.4, -0.2) is 56.0 Å². The highest BCUT2D eigenvalue weighted by Gasteiger charge is 2.49. The van der Waals surface area contributed by atoms with Gasteiger partial charge in [0.2, 0.25) is 5.91 Å². The molecule has 5 nitrogen and oxygen atoms in total. The minimum atomic E-state index is -0.556. The summed E-state index contributed by atoms with van der Waals surface area (Å²) in [6.07, 6.45) is 0.603. The molecule has 0 aromatic heterocycles. The lowest BCUT2D eigenvalue weighted by atomic mass is 10.1. The number of nitrogens with one attached hydrogen (secondary N) is 1. The summed E-state index contributed by atoms with van der Waals surface area (Å²) in [6, 6.07) is -0.174. The normalized spacial score (nSPS) is 27.5. The van der Waals surface area contributed by atoms with Crippen LogP contribution in [0.5, 0.6) is 0 Å². The molecular formula is C12H20N2O3. The summed E-state index contributed by atoms with van der Waals surface area (Å²) in [7, 11) is 1.92. The van der Waals surface area contributed by atoms with Gasteiger partial charge in [-0.1, -0.05) is 12.2 Å². The first-order valence-corrected chi connectivity index (χ1v) is 5.93. The molecule has 1 amide bonds. The van der Waals surface area contributed by atoms with E-state index in [0.717, 1.165) is 5.57 Å². The smallest absolute Gasteiger partial charge is 0.237 e. The molecule has 1 unspecified atom stereocenters. The third-order valence-corrected chi connectivity index (χ3v) is 3.21. The molecule has 0 aromatic carbocycles. The van der Waals surface area contributed by atoms with E-state index in [2.05, 4.69) is 11.9 Å². The van der Waals surface area contributed by atoms with E-state index in [1.54, 1.807) is 0 Å². The van der Waals surface area contributed by atoms with Crippen molar-refractivity contribution in [3.05, 3.63) is 12.2 Å². The Morgan fingerprint density at radius 2 is 2.18 bits per heavy atom. The molecule has 1 spiro atoms. The van der Waals surface area contributed by atoms with Crippen molar-refractivity contribution in [1.29, 1.82) is 0 Å². The molecule has 2 aliphatic rings. The van der Waals surface area contributed by atoms with Gasteiger partial charge in [-0.3, -0.25) is 9.69 Å². The van der Waals surface area contributed by atoms with Crippen LogP contribution in [0.25, 0.3) is 0 Å². The Morgan fingerprint density at radius 3 is 2.76 bits per heavy atom. The summed E-state index contributed by atoms with van der Waals surface area (Å²) in [4.78, 5) is 14.0. The van der Waals surface area contributed by atoms with Gasteiger partial charge in [0, 0.05) is 13.0 Å². The van der Waals surface area contributed by atoms with Gasteiger partial charge < -0.3 is 14.8 Å². The fraction of sp³-hybridized carbons (Fsp3) is 0.750. The van der Waals surface area contributed by atoms with Crippen molar-refractivity contribution in [1.82, 2.24) is 10.2 Å². The second-order valence-corrected chi connectivity index (χ2v) is 4.92. The number of carbonyl (C=O) groups is 1. The van der Waals surface area contributed by atoms with Crippen LogP contribution in [0.4, 0.5) is 0 Å². The first-order chi connectivity index (χ1) is 8.02. The topological polar surface area (TPSA) is 50.8 Å². The Hall–Kier alpha value is -0.910. The molecule has 2 rings (SSSR count). The van der Waals surface area contributed by atoms with Crippen LogP contribution in [-0.2, 0) is 14.3 Å². The van der Waals surface area contributed by atoms with Crippen LogP contribution >= 0.6 is 0 Å². The lowest BCUT2D eigenvalue weighted by Gasteiger charge is -2.20. The van der Waals surface area contributed by atoms with Gasteiger partial charge in [0.05, 0.1) is 25.8 Å². The number of ether oxygens (including phenoxy) is 2. The van der Waals surface area contributed by atoms with Gasteiger partial charge in [-0.2, -0.15) is 0 Å². The third-order valence-electron chi connectivity index (χ3n) is 3.21. The standard InChI is InChI=1S/C12H20N2O3/c1-9(2)7-13-11(15)10-6-12(8-14(10)3)16-4-5-17-12/h10H,1,4-8H2,2-3H3,(H,13,15). The number of carbonyl (C=O) groups excluding carboxylic acids is 1. The fourth-order valence-corrected chi connectivity index (χ4v) is 2.36. The molecule has 0 radical (unpaired) electrons. The van der Waals surface area contributed by atoms with Crippen LogP contribution in [0.3, 0.4) is 0 Å². The molecule has 5 heteroatoms. The number of hydrogen-bond donors (Lipinski definition) is 1. The molecule has 0 aliphatic carbocycles. The Balaban J connectivity index is 1.93. The minimum absolute atomic E-state index is 0.0199. The van der Waals surface area contributed by atoms with Gasteiger partial charge >= 0.3 is 0 Å². The summed E-state index contributed by atoms with van der Waals surface area (Å²) in [5, 5.41) is 2.87. The van der Waals surface area contributed by atoms with Crippen LogP contribution < -0.4 is 5.32 Å². The maximum Gasteiger partial charge on any atom is 0.237 e. The van der Waals surface area contributed by atoms with Gasteiger partial charge in [0.25, 0.3) is 0 Å². The molecule has 2 fully saturated rings. The Morgan fingerprint density at radius 1 is 1.53 bits per heavy atom. The molecule has 17 heavy (non-hydrogen) atoms. The maximum absolute atomic E-state index is 12.0. The highest BCUT2D eigenvalue weighted by Crippen LogP contribution is 2.33. The summed E-state index contributed by atoms with van der Waals surface area (Å²) in [5.74, 6) is -0.536. The largest absolute Gasteiger partial charge is 0.351 e. The van der Waals surface area contributed by atoms with Gasteiger partial charge in [-0.25, -0.2) is 0 Å². The van der Waals surface area contributed by atoms with E-state index in [0.29, 0.717) is 32.7 Å². The first kappa shape index (κ1) is 12.5. The monoisotopic (exact) mass is 240 g/mol. The van der Waals surface area contributed by atoms with Gasteiger partial charge in [0.1, 0.15) is 0 Å². The predicted octanol–water partition coefficient (Wildman–Crippen LogP) is 0.126. The molecule has 2 aliphatic heterocycles. The Labute approximate surface area is 102 Å². The third kappa shape index (κ3) is 2.68. The Bertz CT molecular complexity index is 324. The molecule has 1 N–H and O–H groups in total. The quantitative estimate of drug-likeness (QED) is 0.712. The molecule has 2 heterocycles. The van der Waals surface area contributed by atoms with E-state index in [4.69, 9.17) is 9.47 Å². The molecule has 1 atom stereocenters. The van der Waals surface area contributed by atoms with E-state index in [1.807, 2.05) is 18.9 Å². The lowest BCUT2D eigenvalue weighted by molar-refractivity contribution is -0.146. The van der Waals surface area contributed by atoms with Crippen molar-refractivity contribution < 1.29 is 14.3 Å². The molecule has 0 saturated carbocycles. The summed E-state index contributed by atoms with van der Waals surface area (Å²) in [5.41, 5.74) is 0.946. The highest BCUT2D eigenvalue weighted by molar-refractivity contribution is 5.82. The van der Waals surface area contributed by atoms with Crippen molar-refractivity contribution in [3.63, 3.8) is 0 Å². The van der Waals surface area contributed by atoms with Gasteiger partial charge in [0.15, 0.2) is 5.79 Å². The Kier molecular flexibility index (Phi) is 3.51. The second-order valence-electron chi connectivity index (χ2n) is 4.92. The molecule has 0 bridgehead atoms. The van der Waals surface area contributed by atoms with E-state index in [-0.39, 0.29) is 11.9 Å². The predicted molar refractivity (Wildman–Crippen MR) is 63.5 cm³/mol. The van der Waals surface area contributed by atoms with Crippen LogP contribution in [0.15, 0.2) is 12.2 Å². The molecule has 96 valence electrons. The zero-order valence-electron chi connectivity index (χ0n) is 10.5. The number of amides is 1. The average Bonchev–Trinajstić information content (AvgIpc) is 2.83. The van der Waals surface area contributed by atoms with Gasteiger partial charge in [-0.15, -0.1) is 0 Å². The SMILES string of the molecule is C=C(C)CNC(=O)C1CC2(CN1C)OCCO2. The number of likely N-dealkylation sites (tertiary alicyclic amines) is 1. The molecule has 0 aromatic rings. The number of likely N-dealkylation sites (N-methyl/N-ethyl adjacent to an activating group) is 1. The highest BCUT2D eigenvalue weighted by atomic mass is 16.7. The zero-order chi connectivity index (χ0) is 12.5. The van der Waals surface area contributed by atoms with Crippen molar-refractivity contribution >= 4 is 5.91 Å². The maximum atomic E-state index is 12.0. The molecule has 2 saturated heterocycles. The van der Waals surface area contributed by atoms with Crippen molar-refractivity contribution in [3.8, 4) is 0 Å². The van der Waals surface area contributed by atoms with Crippen LogP contribution in [0, 0.1) is 0 Å². The van der Waals surface area contributed by atoms with E-state index in [9.17, 15) is 4.79 Å². The van der Waals surface area contributed by atoms with Crippen LogP contribution in [0.2, 0.25) is 0 Å². The number of hydrogen-bond acceptors (Lipinski definition) is 4. The number of rotatable bonds is 3. The van der Waals surface area contributed by atoms with E-state index < -0.39 is 5.79 Å². The van der Waals surface area contributed by atoms with E-state index >= 15 is 0 Å². The average molecular weight is 240 g/mol. The summed E-state index contributed by atoms with van der Waals surface area (Å²) < 4.78 is 11.2. The van der Waals surface area contributed by atoms with Crippen molar-refractivity contribution in [2.45, 2.75) is 25.2 Å².